The first kappa shape index (κ1) is 19.3. The average Bonchev–Trinajstić information content (AvgIpc) is 2.60. The second-order valence-electron chi connectivity index (χ2n) is 5.39. The summed E-state index contributed by atoms with van der Waals surface area (Å²) in [6.45, 7) is 1.33. The molecule has 3 N–H and O–H groups in total. The number of aliphatic hydroxyl groups is 2. The molecule has 0 saturated carbocycles. The SMILES string of the molecule is Cc1ccc(NC(=S)SCc2cc(CO)c(CO)cc2[N+](=O)[O-])cc1. The number of aliphatic hydroxyl groups excluding tert-OH is 2. The molecule has 0 fully saturated rings. The molecule has 0 saturated heterocycles. The number of nitrogens with one attached hydrogen (secondary N) is 1. The Morgan fingerprint density at radius 1 is 1.16 bits per heavy atom. The number of hydrogen-bond acceptors (Lipinski definition) is 6. The highest BCUT2D eigenvalue weighted by atomic mass is 32.2. The highest BCUT2D eigenvalue weighted by Crippen LogP contribution is 2.28. The molecular weight excluding hydrogens is 360 g/mol. The van der Waals surface area contributed by atoms with E-state index in [9.17, 15) is 20.3 Å². The van der Waals surface area contributed by atoms with Crippen molar-refractivity contribution in [2.45, 2.75) is 25.9 Å². The fourth-order valence-electron chi connectivity index (χ4n) is 2.24. The summed E-state index contributed by atoms with van der Waals surface area (Å²) in [5.41, 5.74) is 3.17. The number of thioether (sulfide) groups is 1. The smallest absolute Gasteiger partial charge is 0.273 e. The average molecular weight is 378 g/mol. The van der Waals surface area contributed by atoms with E-state index in [2.05, 4.69) is 5.32 Å². The number of hydrogen-bond donors (Lipinski definition) is 3. The molecule has 25 heavy (non-hydrogen) atoms. The van der Waals surface area contributed by atoms with E-state index in [1.54, 1.807) is 6.07 Å². The van der Waals surface area contributed by atoms with E-state index in [-0.39, 0.29) is 24.7 Å². The van der Waals surface area contributed by atoms with Gasteiger partial charge in [0.25, 0.3) is 5.69 Å². The van der Waals surface area contributed by atoms with Gasteiger partial charge in [0.1, 0.15) is 4.32 Å². The largest absolute Gasteiger partial charge is 0.392 e. The zero-order valence-electron chi connectivity index (χ0n) is 13.6. The van der Waals surface area contributed by atoms with Crippen molar-refractivity contribution >= 4 is 39.7 Å². The van der Waals surface area contributed by atoms with Crippen LogP contribution < -0.4 is 5.32 Å². The Morgan fingerprint density at radius 2 is 1.76 bits per heavy atom. The number of nitrogens with zero attached hydrogens (tertiary/aromatic N) is 1. The van der Waals surface area contributed by atoms with Crippen molar-refractivity contribution in [1.82, 2.24) is 0 Å². The third kappa shape index (κ3) is 5.23. The van der Waals surface area contributed by atoms with E-state index in [1.165, 1.54) is 17.8 Å². The van der Waals surface area contributed by atoms with Gasteiger partial charge < -0.3 is 15.5 Å². The first-order valence-corrected chi connectivity index (χ1v) is 8.85. The number of thiocarbonyl (C=S) groups is 1. The van der Waals surface area contributed by atoms with Crippen molar-refractivity contribution in [2.24, 2.45) is 0 Å². The highest BCUT2D eigenvalue weighted by Gasteiger charge is 2.18. The maximum Gasteiger partial charge on any atom is 0.273 e. The Hall–Kier alpha value is -2.00. The second kappa shape index (κ2) is 8.91. The minimum Gasteiger partial charge on any atom is -0.392 e. The minimum absolute atomic E-state index is 0.0908. The molecule has 0 spiro atoms. The van der Waals surface area contributed by atoms with E-state index in [0.717, 1.165) is 11.3 Å². The zero-order valence-corrected chi connectivity index (χ0v) is 15.2. The van der Waals surface area contributed by atoms with Crippen LogP contribution in [-0.4, -0.2) is 19.5 Å². The zero-order chi connectivity index (χ0) is 18.4. The van der Waals surface area contributed by atoms with Crippen molar-refractivity contribution in [3.8, 4) is 0 Å². The van der Waals surface area contributed by atoms with Crippen LogP contribution in [0.1, 0.15) is 22.3 Å². The molecule has 0 aliphatic heterocycles. The van der Waals surface area contributed by atoms with Gasteiger partial charge in [-0.3, -0.25) is 10.1 Å². The van der Waals surface area contributed by atoms with Crippen LogP contribution >= 0.6 is 24.0 Å². The van der Waals surface area contributed by atoms with Gasteiger partial charge in [0.2, 0.25) is 0 Å². The topological polar surface area (TPSA) is 95.6 Å². The van der Waals surface area contributed by atoms with Crippen LogP contribution in [0.3, 0.4) is 0 Å². The molecule has 0 aromatic heterocycles. The molecule has 132 valence electrons. The molecule has 0 atom stereocenters. The number of anilines is 1. The van der Waals surface area contributed by atoms with Gasteiger partial charge in [-0.1, -0.05) is 41.7 Å². The quantitative estimate of drug-likeness (QED) is 0.402. The van der Waals surface area contributed by atoms with Gasteiger partial charge >= 0.3 is 0 Å². The molecule has 8 heteroatoms. The normalized spacial score (nSPS) is 10.5. The maximum atomic E-state index is 11.3. The lowest BCUT2D eigenvalue weighted by atomic mass is 10.0. The van der Waals surface area contributed by atoms with Gasteiger partial charge in [-0.2, -0.15) is 0 Å². The third-order valence-corrected chi connectivity index (χ3v) is 4.87. The lowest BCUT2D eigenvalue weighted by molar-refractivity contribution is -0.385. The summed E-state index contributed by atoms with van der Waals surface area (Å²) < 4.78 is 0.495. The number of nitro benzene ring substituents is 1. The maximum absolute atomic E-state index is 11.3. The van der Waals surface area contributed by atoms with Crippen LogP contribution in [0.2, 0.25) is 0 Å². The number of aryl methyl sites for hydroxylation is 1. The first-order valence-electron chi connectivity index (χ1n) is 7.45. The van der Waals surface area contributed by atoms with E-state index in [0.29, 0.717) is 21.0 Å². The highest BCUT2D eigenvalue weighted by molar-refractivity contribution is 8.22. The molecule has 0 amide bonds. The summed E-state index contributed by atoms with van der Waals surface area (Å²) in [4.78, 5) is 10.8. The van der Waals surface area contributed by atoms with Crippen LogP contribution in [0, 0.1) is 17.0 Å². The van der Waals surface area contributed by atoms with Crippen molar-refractivity contribution in [3.05, 3.63) is 68.8 Å². The van der Waals surface area contributed by atoms with Gasteiger partial charge in [0.15, 0.2) is 0 Å². The summed E-state index contributed by atoms with van der Waals surface area (Å²) in [7, 11) is 0. The van der Waals surface area contributed by atoms with Crippen LogP contribution in [0.25, 0.3) is 0 Å². The van der Waals surface area contributed by atoms with Crippen LogP contribution in [0.4, 0.5) is 11.4 Å². The number of rotatable bonds is 6. The Labute approximate surface area is 155 Å². The van der Waals surface area contributed by atoms with Crippen molar-refractivity contribution in [1.29, 1.82) is 0 Å². The summed E-state index contributed by atoms with van der Waals surface area (Å²) >= 11 is 6.54. The lowest BCUT2D eigenvalue weighted by Crippen LogP contribution is -2.06. The summed E-state index contributed by atoms with van der Waals surface area (Å²) in [5, 5.41) is 33.0. The molecule has 0 heterocycles. The Kier molecular flexibility index (Phi) is 6.89. The van der Waals surface area contributed by atoms with Gasteiger partial charge in [-0.25, -0.2) is 0 Å². The van der Waals surface area contributed by atoms with E-state index >= 15 is 0 Å². The second-order valence-corrected chi connectivity index (χ2v) is 7.04. The predicted molar refractivity (Wildman–Crippen MR) is 104 cm³/mol. The molecule has 2 aromatic rings. The van der Waals surface area contributed by atoms with Crippen LogP contribution in [0.5, 0.6) is 0 Å². The van der Waals surface area contributed by atoms with E-state index < -0.39 is 4.92 Å². The number of benzene rings is 2. The van der Waals surface area contributed by atoms with E-state index in [4.69, 9.17) is 12.2 Å². The Morgan fingerprint density at radius 3 is 2.32 bits per heavy atom. The summed E-state index contributed by atoms with van der Waals surface area (Å²) in [5.74, 6) is 0.284. The molecule has 2 rings (SSSR count). The van der Waals surface area contributed by atoms with Gasteiger partial charge in [0, 0.05) is 23.1 Å². The Balaban J connectivity index is 2.11. The van der Waals surface area contributed by atoms with Crippen molar-refractivity contribution < 1.29 is 15.1 Å². The summed E-state index contributed by atoms with van der Waals surface area (Å²) in [6, 6.07) is 10.6. The Bertz CT molecular complexity index is 779. The van der Waals surface area contributed by atoms with Crippen LogP contribution in [-0.2, 0) is 19.0 Å². The fourth-order valence-corrected chi connectivity index (χ4v) is 3.24. The van der Waals surface area contributed by atoms with E-state index in [1.807, 2.05) is 31.2 Å². The molecule has 0 bridgehead atoms. The third-order valence-electron chi connectivity index (χ3n) is 3.59. The molecule has 6 nitrogen and oxygen atoms in total. The number of nitro groups is 1. The lowest BCUT2D eigenvalue weighted by Gasteiger charge is -2.11. The van der Waals surface area contributed by atoms with Crippen molar-refractivity contribution in [2.75, 3.05) is 5.32 Å². The molecule has 0 radical (unpaired) electrons. The molecule has 0 aliphatic carbocycles. The first-order chi connectivity index (χ1) is 11.9. The van der Waals surface area contributed by atoms with Crippen molar-refractivity contribution in [3.63, 3.8) is 0 Å². The summed E-state index contributed by atoms with van der Waals surface area (Å²) in [6.07, 6.45) is 0. The monoisotopic (exact) mass is 378 g/mol. The molecule has 0 aliphatic rings. The molecule has 2 aromatic carbocycles. The molecular formula is C17H18N2O4S2. The standard InChI is InChI=1S/C17H18N2O4S2/c1-11-2-4-15(5-3-11)18-17(24)25-10-14-6-12(8-20)13(9-21)7-16(14)19(22)23/h2-7,20-21H,8-10H2,1H3,(H,18,24). The van der Waals surface area contributed by atoms with Crippen LogP contribution in [0.15, 0.2) is 36.4 Å². The molecule has 0 unspecified atom stereocenters. The predicted octanol–water partition coefficient (Wildman–Crippen LogP) is 3.52. The van der Waals surface area contributed by atoms with Gasteiger partial charge in [-0.05, 0) is 36.2 Å². The van der Waals surface area contributed by atoms with Gasteiger partial charge in [-0.15, -0.1) is 0 Å². The fraction of sp³-hybridized carbons (Fsp3) is 0.235. The minimum atomic E-state index is -0.493. The van der Waals surface area contributed by atoms with Gasteiger partial charge in [0.05, 0.1) is 18.1 Å².